The zero-order valence-corrected chi connectivity index (χ0v) is 23.4. The van der Waals surface area contributed by atoms with Crippen LogP contribution in [0.3, 0.4) is 0 Å². The van der Waals surface area contributed by atoms with Crippen molar-refractivity contribution in [1.82, 2.24) is 4.90 Å². The Morgan fingerprint density at radius 2 is 1.67 bits per heavy atom. The van der Waals surface area contributed by atoms with Gasteiger partial charge in [-0.2, -0.15) is 0 Å². The number of carbonyl (C=O) groups is 3. The van der Waals surface area contributed by atoms with E-state index in [1.54, 1.807) is 30.3 Å². The molecule has 0 radical (unpaired) electrons. The van der Waals surface area contributed by atoms with Gasteiger partial charge in [-0.25, -0.2) is 8.78 Å². The number of carbonyl (C=O) groups excluding carboxylic acids is 3. The number of anilines is 1. The number of halogens is 4. The Morgan fingerprint density at radius 1 is 1.00 bits per heavy atom. The lowest BCUT2D eigenvalue weighted by Gasteiger charge is -2.13. The molecule has 0 aromatic heterocycles. The maximum absolute atomic E-state index is 13.4. The fourth-order valence-electron chi connectivity index (χ4n) is 3.28. The Bertz CT molecular complexity index is 1380. The van der Waals surface area contributed by atoms with Crippen molar-refractivity contribution in [3.63, 3.8) is 0 Å². The van der Waals surface area contributed by atoms with Crippen LogP contribution in [0.15, 0.2) is 65.6 Å². The number of thioether (sulfide) groups is 1. The van der Waals surface area contributed by atoms with Gasteiger partial charge in [-0.05, 0) is 117 Å². The molecule has 1 saturated heterocycles. The van der Waals surface area contributed by atoms with Gasteiger partial charge in [-0.15, -0.1) is 0 Å². The smallest absolute Gasteiger partial charge is 0.294 e. The van der Waals surface area contributed by atoms with Gasteiger partial charge in [-0.1, -0.05) is 18.2 Å². The minimum absolute atomic E-state index is 0.179. The Morgan fingerprint density at radius 3 is 2.33 bits per heavy atom. The minimum Gasteiger partial charge on any atom is -0.487 e. The summed E-state index contributed by atoms with van der Waals surface area (Å²) in [6.07, 6.45) is 1.58. The average molecular weight is 732 g/mol. The highest BCUT2D eigenvalue weighted by molar-refractivity contribution is 14.1. The molecule has 0 unspecified atom stereocenters. The molecule has 0 atom stereocenters. The van der Waals surface area contributed by atoms with Gasteiger partial charge in [0.15, 0.2) is 0 Å². The van der Waals surface area contributed by atoms with E-state index in [1.807, 2.05) is 0 Å². The summed E-state index contributed by atoms with van der Waals surface area (Å²) >= 11 is 4.95. The number of nitrogens with one attached hydrogen (secondary N) is 1. The van der Waals surface area contributed by atoms with E-state index in [2.05, 4.69) is 50.5 Å². The van der Waals surface area contributed by atoms with Crippen molar-refractivity contribution in [2.75, 3.05) is 11.9 Å². The Hall–Kier alpha value is -2.52. The van der Waals surface area contributed by atoms with Crippen LogP contribution in [0.5, 0.6) is 5.75 Å². The number of amides is 3. The molecule has 184 valence electrons. The van der Waals surface area contributed by atoms with E-state index in [0.29, 0.717) is 16.9 Å². The first-order valence-electron chi connectivity index (χ1n) is 10.4. The second-order valence-electron chi connectivity index (χ2n) is 7.56. The molecule has 0 spiro atoms. The minimum atomic E-state index is -0.618. The normalized spacial score (nSPS) is 14.4. The molecule has 0 bridgehead atoms. The number of nitrogens with zero attached hydrogens (tertiary/aromatic N) is 1. The van der Waals surface area contributed by atoms with Crippen molar-refractivity contribution in [3.05, 3.63) is 95.5 Å². The lowest BCUT2D eigenvalue weighted by molar-refractivity contribution is -0.127. The zero-order valence-electron chi connectivity index (χ0n) is 18.3. The van der Waals surface area contributed by atoms with Crippen LogP contribution >= 0.6 is 56.9 Å². The largest absolute Gasteiger partial charge is 0.487 e. The zero-order chi connectivity index (χ0) is 25.8. The predicted octanol–water partition coefficient (Wildman–Crippen LogP) is 6.43. The number of imide groups is 1. The number of hydrogen-bond donors (Lipinski definition) is 1. The molecule has 1 heterocycles. The molecule has 1 aliphatic heterocycles. The second-order valence-corrected chi connectivity index (χ2v) is 10.9. The first-order chi connectivity index (χ1) is 17.2. The first kappa shape index (κ1) is 26.5. The summed E-state index contributed by atoms with van der Waals surface area (Å²) in [6, 6.07) is 15.1. The SMILES string of the molecule is O=C(CN1C(=O)S/C(=C/c2cc(I)c(OCc3cccc(F)c3)c(I)c2)C1=O)Nc1cccc(F)c1. The second kappa shape index (κ2) is 11.7. The van der Waals surface area contributed by atoms with Gasteiger partial charge in [0, 0.05) is 5.69 Å². The van der Waals surface area contributed by atoms with Crippen molar-refractivity contribution in [2.45, 2.75) is 6.61 Å². The van der Waals surface area contributed by atoms with Crippen molar-refractivity contribution in [2.24, 2.45) is 0 Å². The molecular weight excluding hydrogens is 716 g/mol. The summed E-state index contributed by atoms with van der Waals surface area (Å²) < 4.78 is 34.2. The van der Waals surface area contributed by atoms with Crippen molar-refractivity contribution >= 4 is 85.8 Å². The summed E-state index contributed by atoms with van der Waals surface area (Å²) in [7, 11) is 0. The third kappa shape index (κ3) is 6.62. The van der Waals surface area contributed by atoms with Crippen molar-refractivity contribution < 1.29 is 27.9 Å². The predicted molar refractivity (Wildman–Crippen MR) is 150 cm³/mol. The molecule has 0 saturated carbocycles. The maximum atomic E-state index is 13.4. The standard InChI is InChI=1S/C25H16F2I2N2O4S/c26-16-4-1-3-14(7-16)13-35-23-19(28)8-15(9-20(23)29)10-21-24(33)31(25(34)36-21)12-22(32)30-18-6-2-5-17(27)11-18/h1-11H,12-13H2,(H,30,32)/b21-10+. The van der Waals surface area contributed by atoms with Gasteiger partial charge in [0.2, 0.25) is 5.91 Å². The summed E-state index contributed by atoms with van der Waals surface area (Å²) in [5.74, 6) is -1.43. The van der Waals surface area contributed by atoms with Crippen LogP contribution in [-0.4, -0.2) is 28.5 Å². The van der Waals surface area contributed by atoms with Gasteiger partial charge < -0.3 is 10.1 Å². The summed E-state index contributed by atoms with van der Waals surface area (Å²) in [4.78, 5) is 38.5. The third-order valence-electron chi connectivity index (χ3n) is 4.87. The molecule has 1 N–H and O–H groups in total. The van der Waals surface area contributed by atoms with Crippen molar-refractivity contribution in [3.8, 4) is 5.75 Å². The molecule has 36 heavy (non-hydrogen) atoms. The molecule has 11 heteroatoms. The molecule has 3 aromatic rings. The fraction of sp³-hybridized carbons (Fsp3) is 0.0800. The molecule has 4 rings (SSSR count). The van der Waals surface area contributed by atoms with Crippen LogP contribution < -0.4 is 10.1 Å². The molecule has 1 fully saturated rings. The maximum Gasteiger partial charge on any atom is 0.294 e. The van der Waals surface area contributed by atoms with Gasteiger partial charge in [0.1, 0.15) is 30.5 Å². The highest BCUT2D eigenvalue weighted by Crippen LogP contribution is 2.35. The van der Waals surface area contributed by atoms with Gasteiger partial charge in [-0.3, -0.25) is 19.3 Å². The number of benzene rings is 3. The van der Waals surface area contributed by atoms with Crippen LogP contribution in [-0.2, 0) is 16.2 Å². The average Bonchev–Trinajstić information content (AvgIpc) is 3.06. The highest BCUT2D eigenvalue weighted by atomic mass is 127. The molecule has 1 aliphatic rings. The summed E-state index contributed by atoms with van der Waals surface area (Å²) in [5.41, 5.74) is 1.60. The molecule has 3 amide bonds. The molecule has 6 nitrogen and oxygen atoms in total. The monoisotopic (exact) mass is 732 g/mol. The summed E-state index contributed by atoms with van der Waals surface area (Å²) in [5, 5.41) is 1.90. The molecular formula is C25H16F2I2N2O4S. The van der Waals surface area contributed by atoms with Gasteiger partial charge in [0.05, 0.1) is 12.0 Å². The van der Waals surface area contributed by atoms with E-state index >= 15 is 0 Å². The van der Waals surface area contributed by atoms with E-state index < -0.39 is 29.4 Å². The first-order valence-corrected chi connectivity index (χ1v) is 13.3. The Balaban J connectivity index is 1.44. The van der Waals surface area contributed by atoms with Crippen LogP contribution in [0.25, 0.3) is 6.08 Å². The lowest BCUT2D eigenvalue weighted by Crippen LogP contribution is -2.36. The highest BCUT2D eigenvalue weighted by Gasteiger charge is 2.36. The fourth-order valence-corrected chi connectivity index (χ4v) is 6.25. The van der Waals surface area contributed by atoms with Crippen LogP contribution in [0.1, 0.15) is 11.1 Å². The van der Waals surface area contributed by atoms with E-state index in [4.69, 9.17) is 4.74 Å². The quantitative estimate of drug-likeness (QED) is 0.224. The van der Waals surface area contributed by atoms with Gasteiger partial charge in [0.25, 0.3) is 11.1 Å². The van der Waals surface area contributed by atoms with Crippen molar-refractivity contribution in [1.29, 1.82) is 0 Å². The van der Waals surface area contributed by atoms with E-state index in [-0.39, 0.29) is 23.0 Å². The number of rotatable bonds is 7. The lowest BCUT2D eigenvalue weighted by atomic mass is 10.2. The van der Waals surface area contributed by atoms with Crippen LogP contribution in [0.4, 0.5) is 19.3 Å². The Labute approximate surface area is 236 Å². The van der Waals surface area contributed by atoms with E-state index in [1.165, 1.54) is 30.3 Å². The van der Waals surface area contributed by atoms with E-state index in [0.717, 1.165) is 29.9 Å². The number of hydrogen-bond acceptors (Lipinski definition) is 5. The number of ether oxygens (including phenoxy) is 1. The Kier molecular flexibility index (Phi) is 8.62. The third-order valence-corrected chi connectivity index (χ3v) is 7.38. The topological polar surface area (TPSA) is 75.7 Å². The summed E-state index contributed by atoms with van der Waals surface area (Å²) in [6.45, 7) is -0.292. The van der Waals surface area contributed by atoms with E-state index in [9.17, 15) is 23.2 Å². The van der Waals surface area contributed by atoms with Gasteiger partial charge >= 0.3 is 0 Å². The molecule has 3 aromatic carbocycles. The molecule has 0 aliphatic carbocycles. The van der Waals surface area contributed by atoms with Crippen LogP contribution in [0.2, 0.25) is 0 Å². The van der Waals surface area contributed by atoms with Crippen LogP contribution in [0, 0.1) is 18.8 Å².